The lowest BCUT2D eigenvalue weighted by Gasteiger charge is -2.27. The maximum Gasteiger partial charge on any atom is 0.225 e. The molecule has 6 heteroatoms. The predicted octanol–water partition coefficient (Wildman–Crippen LogP) is 3.23. The molecule has 2 aliphatic rings. The Kier molecular flexibility index (Phi) is 5.81. The van der Waals surface area contributed by atoms with E-state index in [0.717, 1.165) is 17.4 Å². The summed E-state index contributed by atoms with van der Waals surface area (Å²) in [6, 6.07) is 19.6. The molecule has 6 nitrogen and oxygen atoms in total. The Morgan fingerprint density at radius 2 is 1.55 bits per heavy atom. The molecule has 2 heterocycles. The highest BCUT2D eigenvalue weighted by Crippen LogP contribution is 2.46. The number of hydrogen-bond acceptors (Lipinski definition) is 6. The van der Waals surface area contributed by atoms with Crippen molar-refractivity contribution in [3.8, 4) is 0 Å². The van der Waals surface area contributed by atoms with Crippen LogP contribution in [0.3, 0.4) is 0 Å². The van der Waals surface area contributed by atoms with Gasteiger partial charge in [0.15, 0.2) is 12.1 Å². The molecule has 2 aromatic carbocycles. The first-order valence-electron chi connectivity index (χ1n) is 9.80. The Hall–Kier alpha value is -2.09. The molecule has 0 aromatic heterocycles. The van der Waals surface area contributed by atoms with Crippen LogP contribution in [0.1, 0.15) is 25.0 Å². The fourth-order valence-electron chi connectivity index (χ4n) is 3.86. The van der Waals surface area contributed by atoms with E-state index in [1.165, 1.54) is 0 Å². The summed E-state index contributed by atoms with van der Waals surface area (Å²) < 4.78 is 30.2. The van der Waals surface area contributed by atoms with Crippen LogP contribution in [0.5, 0.6) is 0 Å². The molecular formula is C23H26O6. The van der Waals surface area contributed by atoms with Crippen LogP contribution in [0.4, 0.5) is 0 Å². The summed E-state index contributed by atoms with van der Waals surface area (Å²) in [4.78, 5) is 11.7. The predicted molar refractivity (Wildman–Crippen MR) is 105 cm³/mol. The van der Waals surface area contributed by atoms with Crippen LogP contribution in [-0.2, 0) is 41.7 Å². The number of hydrogen-bond donors (Lipinski definition) is 0. The number of carbonyl (C=O) groups is 1. The maximum atomic E-state index is 11.7. The summed E-state index contributed by atoms with van der Waals surface area (Å²) in [5.41, 5.74) is 2.05. The van der Waals surface area contributed by atoms with Gasteiger partial charge in [-0.2, -0.15) is 0 Å². The third-order valence-corrected chi connectivity index (χ3v) is 5.05. The molecule has 2 unspecified atom stereocenters. The number of ether oxygens (including phenoxy) is 5. The summed E-state index contributed by atoms with van der Waals surface area (Å²) >= 11 is 0. The van der Waals surface area contributed by atoms with Gasteiger partial charge in [-0.3, -0.25) is 0 Å². The molecule has 4 atom stereocenters. The van der Waals surface area contributed by atoms with E-state index in [4.69, 9.17) is 23.7 Å². The summed E-state index contributed by atoms with van der Waals surface area (Å²) in [5, 5.41) is 0. The van der Waals surface area contributed by atoms with E-state index in [2.05, 4.69) is 0 Å². The molecule has 0 amide bonds. The number of carbonyl (C=O) groups excluding carboxylic acids is 1. The Bertz CT molecular complexity index is 809. The molecular weight excluding hydrogens is 372 g/mol. The molecule has 29 heavy (non-hydrogen) atoms. The third kappa shape index (κ3) is 4.42. The van der Waals surface area contributed by atoms with Gasteiger partial charge in [0.05, 0.1) is 13.2 Å². The zero-order valence-electron chi connectivity index (χ0n) is 16.7. The smallest absolute Gasteiger partial charge is 0.225 e. The first kappa shape index (κ1) is 20.2. The molecule has 0 N–H and O–H groups in total. The lowest BCUT2D eigenvalue weighted by molar-refractivity contribution is -0.275. The van der Waals surface area contributed by atoms with Crippen molar-refractivity contribution in [1.29, 1.82) is 0 Å². The second-order valence-corrected chi connectivity index (χ2v) is 7.81. The highest BCUT2D eigenvalue weighted by molar-refractivity contribution is 5.58. The molecule has 4 rings (SSSR count). The van der Waals surface area contributed by atoms with Crippen molar-refractivity contribution in [3.05, 3.63) is 71.8 Å². The second kappa shape index (κ2) is 8.34. The molecule has 0 radical (unpaired) electrons. The van der Waals surface area contributed by atoms with E-state index in [1.54, 1.807) is 0 Å². The van der Waals surface area contributed by atoms with Crippen LogP contribution in [0.25, 0.3) is 0 Å². The molecule has 2 saturated heterocycles. The minimum atomic E-state index is -1.19. The average Bonchev–Trinajstić information content (AvgIpc) is 3.14. The van der Waals surface area contributed by atoms with E-state index in [0.29, 0.717) is 13.2 Å². The first-order valence-corrected chi connectivity index (χ1v) is 9.80. The zero-order chi connectivity index (χ0) is 20.3. The van der Waals surface area contributed by atoms with Gasteiger partial charge in [0.2, 0.25) is 5.79 Å². The van der Waals surface area contributed by atoms with Gasteiger partial charge in [-0.1, -0.05) is 60.7 Å². The number of aldehydes is 1. The highest BCUT2D eigenvalue weighted by atomic mass is 16.9. The second-order valence-electron chi connectivity index (χ2n) is 7.81. The largest absolute Gasteiger partial charge is 0.371 e. The summed E-state index contributed by atoms with van der Waals surface area (Å²) in [6.45, 7) is 4.52. The Morgan fingerprint density at radius 1 is 0.931 bits per heavy atom. The molecule has 2 aromatic rings. The van der Waals surface area contributed by atoms with Crippen LogP contribution in [-0.4, -0.2) is 42.8 Å². The Labute approximate surface area is 170 Å². The number of benzene rings is 2. The van der Waals surface area contributed by atoms with Crippen LogP contribution < -0.4 is 0 Å². The van der Waals surface area contributed by atoms with Gasteiger partial charge in [0.1, 0.15) is 24.9 Å². The summed E-state index contributed by atoms with van der Waals surface area (Å²) in [6.07, 6.45) is -1.21. The van der Waals surface area contributed by atoms with E-state index >= 15 is 0 Å². The van der Waals surface area contributed by atoms with E-state index in [-0.39, 0.29) is 6.61 Å². The van der Waals surface area contributed by atoms with E-state index < -0.39 is 29.9 Å². The lowest BCUT2D eigenvalue weighted by atomic mass is 10.1. The van der Waals surface area contributed by atoms with Crippen molar-refractivity contribution < 1.29 is 28.5 Å². The fourth-order valence-corrected chi connectivity index (χ4v) is 3.86. The van der Waals surface area contributed by atoms with Crippen molar-refractivity contribution in [2.45, 2.75) is 56.9 Å². The Balaban J connectivity index is 1.47. The molecule has 0 aliphatic carbocycles. The van der Waals surface area contributed by atoms with Gasteiger partial charge >= 0.3 is 0 Å². The average molecular weight is 398 g/mol. The Morgan fingerprint density at radius 3 is 2.17 bits per heavy atom. The normalized spacial score (nSPS) is 30.2. The van der Waals surface area contributed by atoms with Crippen LogP contribution in [0, 0.1) is 0 Å². The van der Waals surface area contributed by atoms with Gasteiger partial charge in [-0.25, -0.2) is 0 Å². The standard InChI is InChI=1S/C23H26O6/c1-22(2)28-21-20(26-15-18-11-7-4-8-12-18)19(13-24)27-23(21,29-22)16-25-14-17-9-5-3-6-10-17/h3-13,19-21H,14-16H2,1-2H3/t19-,20?,21?,23-/m0/s1. The van der Waals surface area contributed by atoms with Crippen LogP contribution in [0.2, 0.25) is 0 Å². The molecule has 0 spiro atoms. The molecule has 0 saturated carbocycles. The van der Waals surface area contributed by atoms with Gasteiger partial charge in [0, 0.05) is 0 Å². The summed E-state index contributed by atoms with van der Waals surface area (Å²) in [7, 11) is 0. The quantitative estimate of drug-likeness (QED) is 0.636. The third-order valence-electron chi connectivity index (χ3n) is 5.05. The van der Waals surface area contributed by atoms with Crippen LogP contribution >= 0.6 is 0 Å². The SMILES string of the molecule is CC1(C)OC2C(OCc3ccccc3)[C@H](C=O)O[C@@]2(COCc2ccccc2)O1. The van der Waals surface area contributed by atoms with Gasteiger partial charge in [-0.05, 0) is 25.0 Å². The molecule has 2 aliphatic heterocycles. The first-order chi connectivity index (χ1) is 14.0. The van der Waals surface area contributed by atoms with Crippen molar-refractivity contribution in [2.24, 2.45) is 0 Å². The topological polar surface area (TPSA) is 63.2 Å². The summed E-state index contributed by atoms with van der Waals surface area (Å²) in [5.74, 6) is -2.06. The lowest BCUT2D eigenvalue weighted by Crippen LogP contribution is -2.45. The van der Waals surface area contributed by atoms with Gasteiger partial charge in [-0.15, -0.1) is 0 Å². The molecule has 0 bridgehead atoms. The molecule has 154 valence electrons. The van der Waals surface area contributed by atoms with Crippen molar-refractivity contribution >= 4 is 6.29 Å². The van der Waals surface area contributed by atoms with Gasteiger partial charge in [0.25, 0.3) is 0 Å². The van der Waals surface area contributed by atoms with Crippen LogP contribution in [0.15, 0.2) is 60.7 Å². The minimum Gasteiger partial charge on any atom is -0.371 e. The van der Waals surface area contributed by atoms with E-state index in [9.17, 15) is 4.79 Å². The minimum absolute atomic E-state index is 0.130. The van der Waals surface area contributed by atoms with E-state index in [1.807, 2.05) is 74.5 Å². The zero-order valence-corrected chi connectivity index (χ0v) is 16.7. The monoisotopic (exact) mass is 398 g/mol. The molecule has 2 fully saturated rings. The maximum absolute atomic E-state index is 11.7. The van der Waals surface area contributed by atoms with Crippen molar-refractivity contribution in [2.75, 3.05) is 6.61 Å². The van der Waals surface area contributed by atoms with Gasteiger partial charge < -0.3 is 28.5 Å². The highest BCUT2D eigenvalue weighted by Gasteiger charge is 2.65. The number of rotatable bonds is 8. The number of fused-ring (bicyclic) bond motifs is 1. The van der Waals surface area contributed by atoms with Crippen molar-refractivity contribution in [1.82, 2.24) is 0 Å². The fraction of sp³-hybridized carbons (Fsp3) is 0.435. The van der Waals surface area contributed by atoms with Crippen molar-refractivity contribution in [3.63, 3.8) is 0 Å².